The van der Waals surface area contributed by atoms with Crippen LogP contribution in [0, 0.1) is 10.1 Å². The molecule has 0 amide bonds. The van der Waals surface area contributed by atoms with E-state index in [0.717, 1.165) is 5.76 Å². The van der Waals surface area contributed by atoms with E-state index in [1.807, 2.05) is 17.9 Å². The zero-order valence-electron chi connectivity index (χ0n) is 10.9. The van der Waals surface area contributed by atoms with Gasteiger partial charge >= 0.3 is 0 Å². The minimum atomic E-state index is -0.479. The molecule has 2 heterocycles. The molecule has 106 valence electrons. The zero-order chi connectivity index (χ0) is 14.5. The highest BCUT2D eigenvalue weighted by Gasteiger charge is 2.15. The molecule has 0 aromatic carbocycles. The molecule has 2 aromatic heterocycles. The lowest BCUT2D eigenvalue weighted by molar-refractivity contribution is -0.384. The average Bonchev–Trinajstić information content (AvgIpc) is 2.97. The van der Waals surface area contributed by atoms with Gasteiger partial charge in [0, 0.05) is 6.54 Å². The highest BCUT2D eigenvalue weighted by Crippen LogP contribution is 2.24. The average molecular weight is 277 g/mol. The molecule has 2 aromatic rings. The van der Waals surface area contributed by atoms with E-state index in [1.165, 1.54) is 12.1 Å². The third-order valence-corrected chi connectivity index (χ3v) is 2.79. The Morgan fingerprint density at radius 2 is 2.35 bits per heavy atom. The van der Waals surface area contributed by atoms with Gasteiger partial charge in [-0.3, -0.25) is 10.1 Å². The molecule has 8 heteroatoms. The molecule has 0 saturated heterocycles. The first-order valence-electron chi connectivity index (χ1n) is 6.04. The van der Waals surface area contributed by atoms with Crippen molar-refractivity contribution >= 4 is 17.3 Å². The Morgan fingerprint density at radius 1 is 1.55 bits per heavy atom. The lowest BCUT2D eigenvalue weighted by Gasteiger charge is -2.21. The summed E-state index contributed by atoms with van der Waals surface area (Å²) >= 11 is 0. The topological polar surface area (TPSA) is 110 Å². The van der Waals surface area contributed by atoms with Crippen molar-refractivity contribution in [1.29, 1.82) is 0 Å². The van der Waals surface area contributed by atoms with Crippen LogP contribution in [0.15, 0.2) is 34.9 Å². The Balaban J connectivity index is 2.32. The molecule has 20 heavy (non-hydrogen) atoms. The molecule has 0 aliphatic rings. The van der Waals surface area contributed by atoms with Crippen LogP contribution in [0.25, 0.3) is 0 Å². The number of rotatable bonds is 6. The van der Waals surface area contributed by atoms with Crippen LogP contribution < -0.4 is 16.2 Å². The summed E-state index contributed by atoms with van der Waals surface area (Å²) in [5, 5.41) is 10.9. The van der Waals surface area contributed by atoms with E-state index >= 15 is 0 Å². The first kappa shape index (κ1) is 13.8. The number of hydrogen-bond acceptors (Lipinski definition) is 7. The highest BCUT2D eigenvalue weighted by molar-refractivity contribution is 5.55. The molecule has 0 atom stereocenters. The molecule has 2 rings (SSSR count). The first-order valence-corrected chi connectivity index (χ1v) is 6.04. The lowest BCUT2D eigenvalue weighted by atomic mass is 10.3. The van der Waals surface area contributed by atoms with E-state index in [9.17, 15) is 10.1 Å². The number of pyridine rings is 1. The van der Waals surface area contributed by atoms with Crippen LogP contribution in [0.4, 0.5) is 17.3 Å². The predicted octanol–water partition coefficient (Wildman–Crippen LogP) is 1.89. The number of nitrogens with two attached hydrogens (primary N) is 1. The van der Waals surface area contributed by atoms with E-state index in [2.05, 4.69) is 10.4 Å². The second kappa shape index (κ2) is 6.02. The van der Waals surface area contributed by atoms with Gasteiger partial charge in [0.2, 0.25) is 0 Å². The number of nitrogens with one attached hydrogen (secondary N) is 1. The van der Waals surface area contributed by atoms with Gasteiger partial charge in [-0.25, -0.2) is 10.8 Å². The minimum absolute atomic E-state index is 0.0687. The van der Waals surface area contributed by atoms with Crippen molar-refractivity contribution in [1.82, 2.24) is 4.98 Å². The van der Waals surface area contributed by atoms with Crippen LogP contribution in [0.3, 0.4) is 0 Å². The second-order valence-electron chi connectivity index (χ2n) is 4.06. The van der Waals surface area contributed by atoms with Gasteiger partial charge in [0.1, 0.15) is 17.4 Å². The van der Waals surface area contributed by atoms with Gasteiger partial charge < -0.3 is 14.7 Å². The molecular weight excluding hydrogens is 262 g/mol. The number of hydrazine groups is 1. The lowest BCUT2D eigenvalue weighted by Crippen LogP contribution is -2.23. The summed E-state index contributed by atoms with van der Waals surface area (Å²) in [4.78, 5) is 16.5. The van der Waals surface area contributed by atoms with Crippen molar-refractivity contribution in [3.63, 3.8) is 0 Å². The number of hydrogen-bond donors (Lipinski definition) is 2. The fraction of sp³-hybridized carbons (Fsp3) is 0.250. The third-order valence-electron chi connectivity index (χ3n) is 2.79. The Morgan fingerprint density at radius 3 is 2.90 bits per heavy atom. The molecular formula is C12H15N5O3. The van der Waals surface area contributed by atoms with Crippen LogP contribution in [0.1, 0.15) is 12.7 Å². The van der Waals surface area contributed by atoms with Crippen molar-refractivity contribution in [2.24, 2.45) is 5.84 Å². The van der Waals surface area contributed by atoms with Crippen LogP contribution in [0.2, 0.25) is 0 Å². The summed E-state index contributed by atoms with van der Waals surface area (Å²) < 4.78 is 5.28. The molecule has 0 unspecified atom stereocenters. The zero-order valence-corrected chi connectivity index (χ0v) is 10.9. The normalized spacial score (nSPS) is 10.3. The number of nitrogen functional groups attached to an aromatic ring is 1. The van der Waals surface area contributed by atoms with E-state index < -0.39 is 4.92 Å². The van der Waals surface area contributed by atoms with Crippen molar-refractivity contribution < 1.29 is 9.34 Å². The predicted molar refractivity (Wildman–Crippen MR) is 74.1 cm³/mol. The summed E-state index contributed by atoms with van der Waals surface area (Å²) in [7, 11) is 0. The van der Waals surface area contributed by atoms with Gasteiger partial charge in [-0.2, -0.15) is 0 Å². The van der Waals surface area contributed by atoms with Crippen molar-refractivity contribution in [3.8, 4) is 0 Å². The van der Waals surface area contributed by atoms with Gasteiger partial charge in [0.05, 0.1) is 29.9 Å². The van der Waals surface area contributed by atoms with Gasteiger partial charge in [0.25, 0.3) is 5.69 Å². The number of furan rings is 1. The fourth-order valence-corrected chi connectivity index (χ4v) is 1.79. The number of anilines is 2. The largest absolute Gasteiger partial charge is 0.467 e. The SMILES string of the molecule is CCN(Cc1ccco1)c1cc([N+](=O)[O-])cc(NN)n1. The summed E-state index contributed by atoms with van der Waals surface area (Å²) in [6.45, 7) is 3.03. The maximum absolute atomic E-state index is 10.9. The molecule has 8 nitrogen and oxygen atoms in total. The summed E-state index contributed by atoms with van der Waals surface area (Å²) in [6.07, 6.45) is 1.58. The van der Waals surface area contributed by atoms with E-state index in [1.54, 1.807) is 12.3 Å². The van der Waals surface area contributed by atoms with Crippen molar-refractivity contribution in [2.45, 2.75) is 13.5 Å². The molecule has 0 fully saturated rings. The smallest absolute Gasteiger partial charge is 0.276 e. The Labute approximate surface area is 115 Å². The Hall–Kier alpha value is -2.61. The van der Waals surface area contributed by atoms with E-state index in [-0.39, 0.29) is 11.5 Å². The standard InChI is InChI=1S/C12H15N5O3/c1-2-16(8-10-4-3-5-20-10)12-7-9(17(18)19)6-11(14-12)15-13/h3-7H,2,8,13H2,1H3,(H,14,15). The number of nitro groups is 1. The van der Waals surface area contributed by atoms with Crippen molar-refractivity contribution in [2.75, 3.05) is 16.9 Å². The molecule has 0 radical (unpaired) electrons. The van der Waals surface area contributed by atoms with Gasteiger partial charge in [0.15, 0.2) is 0 Å². The summed E-state index contributed by atoms with van der Waals surface area (Å²) in [5.74, 6) is 6.75. The molecule has 0 aliphatic carbocycles. The van der Waals surface area contributed by atoms with Gasteiger partial charge in [-0.05, 0) is 19.1 Å². The van der Waals surface area contributed by atoms with Crippen LogP contribution >= 0.6 is 0 Å². The maximum atomic E-state index is 10.9. The first-order chi connectivity index (χ1) is 9.63. The molecule has 0 aliphatic heterocycles. The number of aromatic nitrogens is 1. The van der Waals surface area contributed by atoms with Crippen LogP contribution in [0.5, 0.6) is 0 Å². The summed E-state index contributed by atoms with van der Waals surface area (Å²) in [5.41, 5.74) is 2.27. The molecule has 0 spiro atoms. The van der Waals surface area contributed by atoms with Crippen LogP contribution in [-0.4, -0.2) is 16.5 Å². The molecule has 0 saturated carbocycles. The Bertz CT molecular complexity index is 585. The van der Waals surface area contributed by atoms with E-state index in [0.29, 0.717) is 18.9 Å². The minimum Gasteiger partial charge on any atom is -0.467 e. The van der Waals surface area contributed by atoms with Gasteiger partial charge in [-0.1, -0.05) is 0 Å². The van der Waals surface area contributed by atoms with Crippen LogP contribution in [-0.2, 0) is 6.54 Å². The Kier molecular flexibility index (Phi) is 4.16. The fourth-order valence-electron chi connectivity index (χ4n) is 1.79. The maximum Gasteiger partial charge on any atom is 0.276 e. The quantitative estimate of drug-likeness (QED) is 0.471. The third kappa shape index (κ3) is 3.04. The van der Waals surface area contributed by atoms with Crippen molar-refractivity contribution in [3.05, 3.63) is 46.4 Å². The van der Waals surface area contributed by atoms with Gasteiger partial charge in [-0.15, -0.1) is 0 Å². The van der Waals surface area contributed by atoms with E-state index in [4.69, 9.17) is 10.3 Å². The highest BCUT2D eigenvalue weighted by atomic mass is 16.6. The molecule has 0 bridgehead atoms. The second-order valence-corrected chi connectivity index (χ2v) is 4.06. The monoisotopic (exact) mass is 277 g/mol. The number of nitrogens with zero attached hydrogens (tertiary/aromatic N) is 3. The molecule has 3 N–H and O–H groups in total. The summed E-state index contributed by atoms with van der Waals surface area (Å²) in [6, 6.07) is 6.32.